The van der Waals surface area contributed by atoms with E-state index in [9.17, 15) is 9.59 Å². The van der Waals surface area contributed by atoms with Crippen molar-refractivity contribution >= 4 is 12.1 Å². The van der Waals surface area contributed by atoms with Crippen LogP contribution in [0.3, 0.4) is 0 Å². The van der Waals surface area contributed by atoms with Gasteiger partial charge >= 0.3 is 12.1 Å². The zero-order valence-corrected chi connectivity index (χ0v) is 12.1. The SMILES string of the molecule is COc1ccccc1.O=C(O)CNC(=O)OC1CCCC1. The maximum atomic E-state index is 10.9. The van der Waals surface area contributed by atoms with Gasteiger partial charge in [-0.1, -0.05) is 18.2 Å². The smallest absolute Gasteiger partial charge is 0.407 e. The van der Waals surface area contributed by atoms with Crippen molar-refractivity contribution in [2.75, 3.05) is 13.7 Å². The molecule has 1 aliphatic rings. The van der Waals surface area contributed by atoms with Crippen molar-refractivity contribution in [3.8, 4) is 5.75 Å². The molecule has 0 spiro atoms. The molecule has 1 aliphatic carbocycles. The average Bonchev–Trinajstić information content (AvgIpc) is 2.99. The summed E-state index contributed by atoms with van der Waals surface area (Å²) >= 11 is 0. The van der Waals surface area contributed by atoms with E-state index in [0.717, 1.165) is 31.4 Å². The Kier molecular flexibility index (Phi) is 7.71. The van der Waals surface area contributed by atoms with E-state index in [0.29, 0.717) is 0 Å². The van der Waals surface area contributed by atoms with Gasteiger partial charge in [0.15, 0.2) is 0 Å². The summed E-state index contributed by atoms with van der Waals surface area (Å²) in [6.07, 6.45) is 3.29. The maximum Gasteiger partial charge on any atom is 0.407 e. The Hall–Kier alpha value is -2.24. The number of aliphatic carboxylic acids is 1. The van der Waals surface area contributed by atoms with Crippen molar-refractivity contribution in [3.63, 3.8) is 0 Å². The van der Waals surface area contributed by atoms with Crippen LogP contribution < -0.4 is 10.1 Å². The molecule has 0 bridgehead atoms. The van der Waals surface area contributed by atoms with Gasteiger partial charge in [0.1, 0.15) is 18.4 Å². The number of nitrogens with one attached hydrogen (secondary N) is 1. The molecular formula is C15H21NO5. The molecule has 1 amide bonds. The molecule has 2 N–H and O–H groups in total. The molecule has 1 aromatic carbocycles. The summed E-state index contributed by atoms with van der Waals surface area (Å²) in [6, 6.07) is 9.68. The summed E-state index contributed by atoms with van der Waals surface area (Å²) in [7, 11) is 1.66. The van der Waals surface area contributed by atoms with Crippen LogP contribution in [0.25, 0.3) is 0 Å². The molecule has 0 atom stereocenters. The Morgan fingerprint density at radius 2 is 1.86 bits per heavy atom. The lowest BCUT2D eigenvalue weighted by atomic mass is 10.3. The van der Waals surface area contributed by atoms with Gasteiger partial charge in [0.2, 0.25) is 0 Å². The van der Waals surface area contributed by atoms with Gasteiger partial charge in [0.25, 0.3) is 0 Å². The van der Waals surface area contributed by atoms with Crippen LogP contribution >= 0.6 is 0 Å². The van der Waals surface area contributed by atoms with Gasteiger partial charge in [-0.2, -0.15) is 0 Å². The molecule has 1 saturated carbocycles. The van der Waals surface area contributed by atoms with Crippen LogP contribution in [-0.2, 0) is 9.53 Å². The molecule has 0 radical (unpaired) electrons. The molecule has 1 fully saturated rings. The second-order valence-corrected chi connectivity index (χ2v) is 4.58. The molecule has 6 nitrogen and oxygen atoms in total. The van der Waals surface area contributed by atoms with Gasteiger partial charge in [-0.05, 0) is 37.8 Å². The first-order chi connectivity index (χ1) is 10.1. The molecular weight excluding hydrogens is 274 g/mol. The minimum absolute atomic E-state index is 0.0196. The lowest BCUT2D eigenvalue weighted by molar-refractivity contribution is -0.135. The van der Waals surface area contributed by atoms with E-state index >= 15 is 0 Å². The summed E-state index contributed by atoms with van der Waals surface area (Å²) < 4.78 is 9.86. The van der Waals surface area contributed by atoms with Crippen LogP contribution in [0.1, 0.15) is 25.7 Å². The van der Waals surface area contributed by atoms with Gasteiger partial charge < -0.3 is 19.9 Å². The Balaban J connectivity index is 0.000000235. The first-order valence-corrected chi connectivity index (χ1v) is 6.87. The van der Waals surface area contributed by atoms with Crippen LogP contribution in [0.15, 0.2) is 30.3 Å². The number of alkyl carbamates (subject to hydrolysis) is 1. The van der Waals surface area contributed by atoms with E-state index in [2.05, 4.69) is 5.32 Å². The van der Waals surface area contributed by atoms with Crippen molar-refractivity contribution in [2.45, 2.75) is 31.8 Å². The van der Waals surface area contributed by atoms with Crippen molar-refractivity contribution in [1.82, 2.24) is 5.32 Å². The third-order valence-electron chi connectivity index (χ3n) is 2.94. The fraction of sp³-hybridized carbons (Fsp3) is 0.467. The van der Waals surface area contributed by atoms with Crippen molar-refractivity contribution in [2.24, 2.45) is 0 Å². The molecule has 0 saturated heterocycles. The highest BCUT2D eigenvalue weighted by Crippen LogP contribution is 2.20. The predicted octanol–water partition coefficient (Wildman–Crippen LogP) is 2.44. The lowest BCUT2D eigenvalue weighted by Crippen LogP contribution is -2.32. The third-order valence-corrected chi connectivity index (χ3v) is 2.94. The van der Waals surface area contributed by atoms with E-state index in [4.69, 9.17) is 14.6 Å². The Bertz CT molecular complexity index is 429. The zero-order chi connectivity index (χ0) is 15.5. The molecule has 0 unspecified atom stereocenters. The summed E-state index contributed by atoms with van der Waals surface area (Å²) in [5, 5.41) is 10.4. The molecule has 1 aromatic rings. The van der Waals surface area contributed by atoms with Gasteiger partial charge in [0, 0.05) is 0 Å². The van der Waals surface area contributed by atoms with Crippen LogP contribution in [0, 0.1) is 0 Å². The maximum absolute atomic E-state index is 10.9. The highest BCUT2D eigenvalue weighted by Gasteiger charge is 2.19. The van der Waals surface area contributed by atoms with E-state index < -0.39 is 12.1 Å². The van der Waals surface area contributed by atoms with E-state index in [1.165, 1.54) is 0 Å². The summed E-state index contributed by atoms with van der Waals surface area (Å²) in [6.45, 7) is -0.383. The monoisotopic (exact) mass is 295 g/mol. The molecule has 116 valence electrons. The molecule has 0 aliphatic heterocycles. The number of carbonyl (C=O) groups is 2. The first kappa shape index (κ1) is 16.8. The zero-order valence-electron chi connectivity index (χ0n) is 12.1. The second kappa shape index (κ2) is 9.63. The van der Waals surface area contributed by atoms with Crippen LogP contribution in [-0.4, -0.2) is 36.9 Å². The van der Waals surface area contributed by atoms with Crippen molar-refractivity contribution in [1.29, 1.82) is 0 Å². The first-order valence-electron chi connectivity index (χ1n) is 6.87. The number of amides is 1. The number of para-hydroxylation sites is 1. The molecule has 6 heteroatoms. The topological polar surface area (TPSA) is 84.9 Å². The number of ether oxygens (including phenoxy) is 2. The summed E-state index contributed by atoms with van der Waals surface area (Å²) in [5.74, 6) is -0.157. The van der Waals surface area contributed by atoms with Crippen molar-refractivity contribution in [3.05, 3.63) is 30.3 Å². The number of hydrogen-bond acceptors (Lipinski definition) is 4. The Morgan fingerprint density at radius 3 is 2.33 bits per heavy atom. The molecule has 2 rings (SSSR count). The summed E-state index contributed by atoms with van der Waals surface area (Å²) in [4.78, 5) is 21.0. The highest BCUT2D eigenvalue weighted by atomic mass is 16.6. The third kappa shape index (κ3) is 7.81. The average molecular weight is 295 g/mol. The number of hydrogen-bond donors (Lipinski definition) is 2. The molecule has 0 heterocycles. The Morgan fingerprint density at radius 1 is 1.24 bits per heavy atom. The quantitative estimate of drug-likeness (QED) is 0.891. The van der Waals surface area contributed by atoms with Gasteiger partial charge in [-0.25, -0.2) is 4.79 Å². The molecule has 0 aromatic heterocycles. The molecule has 21 heavy (non-hydrogen) atoms. The van der Waals surface area contributed by atoms with Crippen molar-refractivity contribution < 1.29 is 24.2 Å². The minimum Gasteiger partial charge on any atom is -0.497 e. The van der Waals surface area contributed by atoms with Crippen LogP contribution in [0.4, 0.5) is 4.79 Å². The largest absolute Gasteiger partial charge is 0.497 e. The van der Waals surface area contributed by atoms with Gasteiger partial charge in [-0.3, -0.25) is 4.79 Å². The number of rotatable bonds is 4. The second-order valence-electron chi connectivity index (χ2n) is 4.58. The normalized spacial score (nSPS) is 13.8. The fourth-order valence-electron chi connectivity index (χ4n) is 1.90. The lowest BCUT2D eigenvalue weighted by Gasteiger charge is -2.10. The van der Waals surface area contributed by atoms with Gasteiger partial charge in [0.05, 0.1) is 7.11 Å². The number of carbonyl (C=O) groups excluding carboxylic acids is 1. The minimum atomic E-state index is -1.07. The standard InChI is InChI=1S/C8H13NO4.C7H8O/c10-7(11)5-9-8(12)13-6-3-1-2-4-6;1-8-7-5-3-2-4-6-7/h6H,1-5H2,(H,9,12)(H,10,11);2-6H,1H3. The van der Waals surface area contributed by atoms with Crippen LogP contribution in [0.2, 0.25) is 0 Å². The van der Waals surface area contributed by atoms with E-state index in [1.54, 1.807) is 7.11 Å². The highest BCUT2D eigenvalue weighted by molar-refractivity contribution is 5.76. The predicted molar refractivity (Wildman–Crippen MR) is 77.4 cm³/mol. The fourth-order valence-corrected chi connectivity index (χ4v) is 1.90. The number of carboxylic acids is 1. The Labute approximate surface area is 124 Å². The van der Waals surface area contributed by atoms with Gasteiger partial charge in [-0.15, -0.1) is 0 Å². The van der Waals surface area contributed by atoms with Crippen LogP contribution in [0.5, 0.6) is 5.75 Å². The number of carboxylic acid groups (broad SMARTS) is 1. The number of methoxy groups -OCH3 is 1. The summed E-state index contributed by atoms with van der Waals surface area (Å²) in [5.41, 5.74) is 0. The van der Waals surface area contributed by atoms with E-state index in [-0.39, 0.29) is 12.6 Å². The number of benzene rings is 1. The van der Waals surface area contributed by atoms with E-state index in [1.807, 2.05) is 30.3 Å².